The zero-order chi connectivity index (χ0) is 24.8. The van der Waals surface area contributed by atoms with Gasteiger partial charge in [-0.1, -0.05) is 61.2 Å². The van der Waals surface area contributed by atoms with Crippen molar-refractivity contribution < 1.29 is 23.9 Å². The van der Waals surface area contributed by atoms with E-state index in [4.69, 9.17) is 9.47 Å². The van der Waals surface area contributed by atoms with E-state index in [-0.39, 0.29) is 31.5 Å². The molecule has 2 amide bonds. The Labute approximate surface area is 206 Å². The molecule has 0 saturated carbocycles. The van der Waals surface area contributed by atoms with Crippen LogP contribution < -0.4 is 0 Å². The zero-order valence-corrected chi connectivity index (χ0v) is 20.2. The average molecular weight is 477 g/mol. The molecule has 0 bridgehead atoms. The maximum absolute atomic E-state index is 13.3. The number of carbonyl (C=O) groups excluding carboxylic acids is 3. The molecular formula is C28H32N2O5. The molecule has 1 fully saturated rings. The third-order valence-electron chi connectivity index (χ3n) is 6.77. The lowest BCUT2D eigenvalue weighted by molar-refractivity contribution is -0.148. The number of hydrogen-bond donors (Lipinski definition) is 0. The molecule has 0 radical (unpaired) electrons. The first-order valence-electron chi connectivity index (χ1n) is 12.1. The van der Waals surface area contributed by atoms with Crippen LogP contribution in [0.15, 0.2) is 61.2 Å². The predicted molar refractivity (Wildman–Crippen MR) is 133 cm³/mol. The number of fused-ring (bicyclic) bond motifs is 3. The summed E-state index contributed by atoms with van der Waals surface area (Å²) in [5, 5.41) is 0. The zero-order valence-electron chi connectivity index (χ0n) is 20.2. The smallest absolute Gasteiger partial charge is 0.410 e. The van der Waals surface area contributed by atoms with Crippen LogP contribution in [0, 0.1) is 0 Å². The number of likely N-dealkylation sites (tertiary alicyclic amines) is 1. The van der Waals surface area contributed by atoms with Crippen molar-refractivity contribution in [2.75, 3.05) is 33.4 Å². The van der Waals surface area contributed by atoms with E-state index in [9.17, 15) is 14.4 Å². The summed E-state index contributed by atoms with van der Waals surface area (Å²) in [6.45, 7) is 4.98. The fourth-order valence-corrected chi connectivity index (χ4v) is 4.91. The van der Waals surface area contributed by atoms with Gasteiger partial charge >= 0.3 is 12.1 Å². The molecule has 1 atom stereocenters. The third kappa shape index (κ3) is 5.39. The van der Waals surface area contributed by atoms with Gasteiger partial charge in [0.05, 0.1) is 6.42 Å². The lowest BCUT2D eigenvalue weighted by Gasteiger charge is -2.33. The Morgan fingerprint density at radius 3 is 2.20 bits per heavy atom. The number of hydrogen-bond acceptors (Lipinski definition) is 5. The second kappa shape index (κ2) is 11.2. The number of amides is 2. The van der Waals surface area contributed by atoms with Crippen molar-refractivity contribution in [1.29, 1.82) is 0 Å². The summed E-state index contributed by atoms with van der Waals surface area (Å²) in [6, 6.07) is 15.2. The Hall–Kier alpha value is -3.61. The minimum atomic E-state index is -0.985. The van der Waals surface area contributed by atoms with Crippen LogP contribution in [-0.2, 0) is 19.1 Å². The quantitative estimate of drug-likeness (QED) is 0.418. The summed E-state index contributed by atoms with van der Waals surface area (Å²) in [4.78, 5) is 41.7. The van der Waals surface area contributed by atoms with Crippen LogP contribution in [0.4, 0.5) is 4.79 Å². The lowest BCUT2D eigenvalue weighted by Crippen LogP contribution is -2.51. The normalized spacial score (nSPS) is 15.5. The summed E-state index contributed by atoms with van der Waals surface area (Å²) in [7, 11) is 1.51. The number of likely N-dealkylation sites (N-methyl/N-ethyl adjacent to an activating group) is 1. The van der Waals surface area contributed by atoms with Gasteiger partial charge in [0.25, 0.3) is 0 Å². The van der Waals surface area contributed by atoms with Crippen LogP contribution in [-0.4, -0.2) is 67.2 Å². The number of benzene rings is 2. The van der Waals surface area contributed by atoms with E-state index < -0.39 is 18.1 Å². The monoisotopic (exact) mass is 476 g/mol. The number of nitrogens with zero attached hydrogens (tertiary/aromatic N) is 2. The first-order chi connectivity index (χ1) is 17.0. The fourth-order valence-electron chi connectivity index (χ4n) is 4.91. The average Bonchev–Trinajstić information content (AvgIpc) is 3.22. The Bertz CT molecular complexity index is 1050. The molecule has 1 aliphatic heterocycles. The van der Waals surface area contributed by atoms with Crippen LogP contribution in [0.5, 0.6) is 0 Å². The van der Waals surface area contributed by atoms with Crippen LogP contribution in [0.1, 0.15) is 42.7 Å². The molecule has 0 aromatic heterocycles. The standard InChI is InChI=1S/C28H32N2O5/c1-3-17-34-26(31)18-25(27(32)30-15-9-4-10-16-30)29(2)28(33)35-19-24-22-13-7-5-11-20(22)21-12-6-8-14-23(21)24/h3,5-8,11-14,24-25H,1,4,9-10,15-19H2,2H3/t25-/m0/s1. The Morgan fingerprint density at radius 1 is 1.00 bits per heavy atom. The van der Waals surface area contributed by atoms with E-state index in [1.54, 1.807) is 4.90 Å². The summed E-state index contributed by atoms with van der Waals surface area (Å²) < 4.78 is 10.8. The van der Waals surface area contributed by atoms with Gasteiger partial charge < -0.3 is 14.4 Å². The summed E-state index contributed by atoms with van der Waals surface area (Å²) in [5.41, 5.74) is 4.50. The molecule has 184 valence electrons. The van der Waals surface area contributed by atoms with E-state index in [2.05, 4.69) is 30.8 Å². The molecule has 7 heteroatoms. The van der Waals surface area contributed by atoms with Crippen LogP contribution in [0.2, 0.25) is 0 Å². The van der Waals surface area contributed by atoms with E-state index in [1.807, 2.05) is 24.3 Å². The fraction of sp³-hybridized carbons (Fsp3) is 0.393. The molecule has 7 nitrogen and oxygen atoms in total. The molecule has 2 aliphatic rings. The van der Waals surface area contributed by atoms with Crippen LogP contribution in [0.25, 0.3) is 11.1 Å². The minimum absolute atomic E-state index is 0.0537. The van der Waals surface area contributed by atoms with Crippen molar-refractivity contribution in [3.05, 3.63) is 72.3 Å². The molecule has 1 aliphatic carbocycles. The molecule has 0 spiro atoms. The second-order valence-corrected chi connectivity index (χ2v) is 8.99. The number of ether oxygens (including phenoxy) is 2. The van der Waals surface area contributed by atoms with Gasteiger partial charge in [-0.05, 0) is 41.5 Å². The van der Waals surface area contributed by atoms with Gasteiger partial charge in [-0.3, -0.25) is 14.5 Å². The summed E-state index contributed by atoms with van der Waals surface area (Å²) in [6.07, 6.45) is 3.48. The van der Waals surface area contributed by atoms with Crippen molar-refractivity contribution in [3.63, 3.8) is 0 Å². The highest BCUT2D eigenvalue weighted by molar-refractivity contribution is 5.89. The van der Waals surface area contributed by atoms with Crippen LogP contribution in [0.3, 0.4) is 0 Å². The highest BCUT2D eigenvalue weighted by atomic mass is 16.6. The van der Waals surface area contributed by atoms with Crippen molar-refractivity contribution in [2.45, 2.75) is 37.6 Å². The summed E-state index contributed by atoms with van der Waals surface area (Å²) >= 11 is 0. The molecule has 2 aromatic carbocycles. The molecule has 0 unspecified atom stereocenters. The molecular weight excluding hydrogens is 444 g/mol. The number of esters is 1. The number of piperidine rings is 1. The van der Waals surface area contributed by atoms with Gasteiger partial charge in [0.1, 0.15) is 19.3 Å². The van der Waals surface area contributed by atoms with Crippen molar-refractivity contribution in [1.82, 2.24) is 9.80 Å². The van der Waals surface area contributed by atoms with Gasteiger partial charge in [-0.15, -0.1) is 0 Å². The van der Waals surface area contributed by atoms with Gasteiger partial charge in [0, 0.05) is 26.1 Å². The van der Waals surface area contributed by atoms with E-state index in [0.717, 1.165) is 41.5 Å². The first-order valence-corrected chi connectivity index (χ1v) is 12.1. The van der Waals surface area contributed by atoms with Gasteiger partial charge in [-0.25, -0.2) is 4.79 Å². The maximum Gasteiger partial charge on any atom is 0.410 e. The molecule has 4 rings (SSSR count). The Balaban J connectivity index is 1.47. The molecule has 1 heterocycles. The van der Waals surface area contributed by atoms with Crippen LogP contribution >= 0.6 is 0 Å². The maximum atomic E-state index is 13.3. The minimum Gasteiger partial charge on any atom is -0.461 e. The topological polar surface area (TPSA) is 76.2 Å². The van der Waals surface area contributed by atoms with Gasteiger partial charge in [-0.2, -0.15) is 0 Å². The second-order valence-electron chi connectivity index (χ2n) is 8.99. The molecule has 0 N–H and O–H groups in total. The van der Waals surface area contributed by atoms with E-state index in [0.29, 0.717) is 13.1 Å². The lowest BCUT2D eigenvalue weighted by atomic mass is 9.98. The third-order valence-corrected chi connectivity index (χ3v) is 6.77. The molecule has 1 saturated heterocycles. The highest BCUT2D eigenvalue weighted by Gasteiger charge is 2.35. The van der Waals surface area contributed by atoms with Gasteiger partial charge in [0.2, 0.25) is 5.91 Å². The SMILES string of the molecule is C=CCOC(=O)C[C@@H](C(=O)N1CCCCC1)N(C)C(=O)OCC1c2ccccc2-c2ccccc21. The highest BCUT2D eigenvalue weighted by Crippen LogP contribution is 2.44. The molecule has 35 heavy (non-hydrogen) atoms. The first kappa shape index (κ1) is 24.5. The largest absolute Gasteiger partial charge is 0.461 e. The van der Waals surface area contributed by atoms with Crippen molar-refractivity contribution >= 4 is 18.0 Å². The summed E-state index contributed by atoms with van der Waals surface area (Å²) in [5.74, 6) is -0.900. The van der Waals surface area contributed by atoms with E-state index in [1.165, 1.54) is 18.0 Å². The number of rotatable bonds is 8. The Morgan fingerprint density at radius 2 is 1.60 bits per heavy atom. The van der Waals surface area contributed by atoms with Gasteiger partial charge in [0.15, 0.2) is 0 Å². The van der Waals surface area contributed by atoms with Crippen molar-refractivity contribution in [3.8, 4) is 11.1 Å². The predicted octanol–water partition coefficient (Wildman–Crippen LogP) is 4.37. The Kier molecular flexibility index (Phi) is 7.85. The van der Waals surface area contributed by atoms with E-state index >= 15 is 0 Å². The number of carbonyl (C=O) groups is 3. The molecule has 2 aromatic rings. The van der Waals surface area contributed by atoms with Crippen molar-refractivity contribution in [2.24, 2.45) is 0 Å².